The third-order valence-corrected chi connectivity index (χ3v) is 3.22. The largest absolute Gasteiger partial charge is 0.270 e. The quantitative estimate of drug-likeness (QED) is 0.686. The molecule has 0 amide bonds. The lowest BCUT2D eigenvalue weighted by Crippen LogP contribution is -2.00. The maximum atomic E-state index is 11.2. The highest BCUT2D eigenvalue weighted by atomic mass is 35.5. The average Bonchev–Trinajstić information content (AvgIpc) is 2.05. The molecule has 4 nitrogen and oxygen atoms in total. The number of rotatable bonds is 1. The van der Waals surface area contributed by atoms with Gasteiger partial charge in [0.1, 0.15) is 4.90 Å². The molecule has 0 saturated heterocycles. The Kier molecular flexibility index (Phi) is 2.18. The maximum absolute atomic E-state index is 11.2. The van der Waals surface area contributed by atoms with Gasteiger partial charge in [-0.15, -0.1) is 0 Å². The van der Waals surface area contributed by atoms with Crippen LogP contribution in [0.4, 0.5) is 0 Å². The van der Waals surface area contributed by atoms with Gasteiger partial charge >= 0.3 is 0 Å². The van der Waals surface area contributed by atoms with Crippen LogP contribution in [0.1, 0.15) is 5.69 Å². The first kappa shape index (κ1) is 9.54. The van der Waals surface area contributed by atoms with Gasteiger partial charge in [-0.05, 0) is 6.92 Å². The zero-order chi connectivity index (χ0) is 9.52. The van der Waals surface area contributed by atoms with E-state index in [-0.39, 0.29) is 10.0 Å². The van der Waals surface area contributed by atoms with Crippen molar-refractivity contribution in [2.24, 2.45) is 7.05 Å². The Labute approximate surface area is 76.1 Å². The molecule has 0 saturated carbocycles. The van der Waals surface area contributed by atoms with Gasteiger partial charge in [0, 0.05) is 13.3 Å². The molecule has 1 rings (SSSR count). The molecule has 1 aromatic heterocycles. The van der Waals surface area contributed by atoms with Crippen molar-refractivity contribution in [2.45, 2.75) is 11.8 Å². The fourth-order valence-corrected chi connectivity index (χ4v) is 2.66. The number of hydrogen-bond donors (Lipinski definition) is 0. The lowest BCUT2D eigenvalue weighted by atomic mass is 10.5. The summed E-state index contributed by atoms with van der Waals surface area (Å²) in [6.07, 6.45) is 1.11. The highest BCUT2D eigenvalue weighted by Crippen LogP contribution is 2.22. The van der Waals surface area contributed by atoms with Crippen LogP contribution < -0.4 is 0 Å². The summed E-state index contributed by atoms with van der Waals surface area (Å²) in [7, 11) is -1.61. The van der Waals surface area contributed by atoms with Crippen LogP contribution in [0.2, 0.25) is 5.15 Å². The van der Waals surface area contributed by atoms with Crippen LogP contribution in [-0.2, 0) is 16.9 Å². The van der Waals surface area contributed by atoms with E-state index in [4.69, 9.17) is 11.6 Å². The van der Waals surface area contributed by atoms with Crippen molar-refractivity contribution in [2.75, 3.05) is 6.26 Å². The molecule has 1 aromatic rings. The Bertz CT molecular complexity index is 407. The third kappa shape index (κ3) is 1.47. The monoisotopic (exact) mass is 208 g/mol. The number of sulfone groups is 1. The Balaban J connectivity index is 3.54. The van der Waals surface area contributed by atoms with Crippen molar-refractivity contribution < 1.29 is 8.42 Å². The van der Waals surface area contributed by atoms with Gasteiger partial charge in [-0.3, -0.25) is 4.68 Å². The zero-order valence-electron chi connectivity index (χ0n) is 7.00. The van der Waals surface area contributed by atoms with E-state index in [2.05, 4.69) is 5.10 Å². The second-order valence-electron chi connectivity index (χ2n) is 2.60. The summed E-state index contributed by atoms with van der Waals surface area (Å²) in [6.45, 7) is 1.66. The van der Waals surface area contributed by atoms with Crippen LogP contribution in [0.3, 0.4) is 0 Å². The normalized spacial score (nSPS) is 12.0. The first-order chi connectivity index (χ1) is 5.34. The van der Waals surface area contributed by atoms with Gasteiger partial charge in [-0.25, -0.2) is 8.42 Å². The number of aromatic nitrogens is 2. The van der Waals surface area contributed by atoms with Gasteiger partial charge in [-0.2, -0.15) is 5.10 Å². The van der Waals surface area contributed by atoms with Crippen molar-refractivity contribution in [1.82, 2.24) is 9.78 Å². The Morgan fingerprint density at radius 2 is 2.00 bits per heavy atom. The number of halogens is 1. The summed E-state index contributed by atoms with van der Waals surface area (Å²) < 4.78 is 23.7. The summed E-state index contributed by atoms with van der Waals surface area (Å²) in [5.41, 5.74) is 0.558. The van der Waals surface area contributed by atoms with Crippen LogP contribution in [-0.4, -0.2) is 24.5 Å². The van der Waals surface area contributed by atoms with E-state index in [1.807, 2.05) is 0 Å². The molecule has 0 N–H and O–H groups in total. The lowest BCUT2D eigenvalue weighted by molar-refractivity contribution is 0.601. The zero-order valence-corrected chi connectivity index (χ0v) is 8.57. The molecule has 0 aliphatic heterocycles. The van der Waals surface area contributed by atoms with Crippen molar-refractivity contribution in [3.63, 3.8) is 0 Å². The summed E-state index contributed by atoms with van der Waals surface area (Å²) in [5, 5.41) is 3.82. The van der Waals surface area contributed by atoms with Crippen molar-refractivity contribution in [3.05, 3.63) is 10.8 Å². The van der Waals surface area contributed by atoms with Gasteiger partial charge in [0.15, 0.2) is 15.0 Å². The van der Waals surface area contributed by atoms with Gasteiger partial charge in [0.2, 0.25) is 0 Å². The Hall–Kier alpha value is -0.550. The van der Waals surface area contributed by atoms with E-state index in [0.29, 0.717) is 5.69 Å². The topological polar surface area (TPSA) is 52.0 Å². The fraction of sp³-hybridized carbons (Fsp3) is 0.500. The van der Waals surface area contributed by atoms with E-state index in [1.165, 1.54) is 4.68 Å². The van der Waals surface area contributed by atoms with Crippen LogP contribution in [0.25, 0.3) is 0 Å². The highest BCUT2D eigenvalue weighted by Gasteiger charge is 2.20. The molecule has 0 spiro atoms. The predicted molar refractivity (Wildman–Crippen MR) is 46.1 cm³/mol. The van der Waals surface area contributed by atoms with Crippen molar-refractivity contribution in [3.8, 4) is 0 Å². The molecule has 1 heterocycles. The average molecular weight is 209 g/mol. The number of hydrogen-bond acceptors (Lipinski definition) is 3. The van der Waals surface area contributed by atoms with Crippen LogP contribution in [0, 0.1) is 6.92 Å². The molecule has 0 radical (unpaired) electrons. The molecule has 0 aliphatic rings. The SMILES string of the molecule is Cc1c(S(C)(=O)=O)c(Cl)nn1C. The van der Waals surface area contributed by atoms with Crippen molar-refractivity contribution in [1.29, 1.82) is 0 Å². The molecule has 6 heteroatoms. The van der Waals surface area contributed by atoms with E-state index in [0.717, 1.165) is 6.26 Å². The molecule has 12 heavy (non-hydrogen) atoms. The minimum absolute atomic E-state index is 0.0394. The van der Waals surface area contributed by atoms with Gasteiger partial charge in [-0.1, -0.05) is 11.6 Å². The smallest absolute Gasteiger partial charge is 0.180 e. The maximum Gasteiger partial charge on any atom is 0.180 e. The predicted octanol–water partition coefficient (Wildman–Crippen LogP) is 0.785. The summed E-state index contributed by atoms with van der Waals surface area (Å²) in [6, 6.07) is 0. The number of nitrogens with zero attached hydrogens (tertiary/aromatic N) is 2. The van der Waals surface area contributed by atoms with Gasteiger partial charge < -0.3 is 0 Å². The highest BCUT2D eigenvalue weighted by molar-refractivity contribution is 7.90. The van der Waals surface area contributed by atoms with E-state index in [1.54, 1.807) is 14.0 Å². The minimum Gasteiger partial charge on any atom is -0.270 e. The van der Waals surface area contributed by atoms with Gasteiger partial charge in [0.25, 0.3) is 0 Å². The molecule has 0 aliphatic carbocycles. The fourth-order valence-electron chi connectivity index (χ4n) is 0.970. The summed E-state index contributed by atoms with van der Waals surface area (Å²) >= 11 is 5.62. The second-order valence-corrected chi connectivity index (χ2v) is 4.91. The van der Waals surface area contributed by atoms with E-state index >= 15 is 0 Å². The van der Waals surface area contributed by atoms with E-state index in [9.17, 15) is 8.42 Å². The number of aryl methyl sites for hydroxylation is 1. The Morgan fingerprint density at radius 1 is 1.50 bits per heavy atom. The van der Waals surface area contributed by atoms with Crippen LogP contribution in [0.15, 0.2) is 4.90 Å². The van der Waals surface area contributed by atoms with Crippen LogP contribution >= 0.6 is 11.6 Å². The standard InChI is InChI=1S/C6H9ClN2O2S/c1-4-5(12(3,10)11)6(7)8-9(4)2/h1-3H3. The van der Waals surface area contributed by atoms with Crippen molar-refractivity contribution >= 4 is 21.4 Å². The van der Waals surface area contributed by atoms with Crippen LogP contribution in [0.5, 0.6) is 0 Å². The molecular weight excluding hydrogens is 200 g/mol. The first-order valence-corrected chi connectivity index (χ1v) is 5.50. The minimum atomic E-state index is -3.26. The summed E-state index contributed by atoms with van der Waals surface area (Å²) in [4.78, 5) is 0.117. The molecule has 0 aromatic carbocycles. The first-order valence-electron chi connectivity index (χ1n) is 3.23. The van der Waals surface area contributed by atoms with Gasteiger partial charge in [0.05, 0.1) is 5.69 Å². The lowest BCUT2D eigenvalue weighted by Gasteiger charge is -1.96. The molecule has 0 unspecified atom stereocenters. The summed E-state index contributed by atoms with van der Waals surface area (Å²) in [5.74, 6) is 0. The molecule has 0 fully saturated rings. The molecule has 68 valence electrons. The van der Waals surface area contributed by atoms with E-state index < -0.39 is 9.84 Å². The molecule has 0 atom stereocenters. The second kappa shape index (κ2) is 2.74. The Morgan fingerprint density at radius 3 is 2.17 bits per heavy atom. The third-order valence-electron chi connectivity index (χ3n) is 1.61. The molecule has 0 bridgehead atoms. The molecular formula is C6H9ClN2O2S.